The maximum atomic E-state index is 5.99. The predicted octanol–water partition coefficient (Wildman–Crippen LogP) is 5.11. The molecule has 2 aromatic carbocycles. The van der Waals surface area contributed by atoms with E-state index in [2.05, 4.69) is 25.8 Å². The highest BCUT2D eigenvalue weighted by Gasteiger charge is 2.08. The van der Waals surface area contributed by atoms with Gasteiger partial charge in [-0.1, -0.05) is 23.7 Å². The molecular weight excluding hydrogens is 350 g/mol. The number of hydrogen-bond donors (Lipinski definition) is 2. The number of hydrogen-bond acceptors (Lipinski definition) is 6. The molecule has 0 aliphatic heterocycles. The molecule has 0 radical (unpaired) electrons. The molecule has 6 nitrogen and oxygen atoms in total. The molecule has 0 atom stereocenters. The van der Waals surface area contributed by atoms with Crippen molar-refractivity contribution in [3.05, 3.63) is 59.2 Å². The molecule has 0 saturated heterocycles. The first-order chi connectivity index (χ1) is 12.5. The molecular formula is C19H20ClN5O. The Morgan fingerprint density at radius 2 is 1.85 bits per heavy atom. The van der Waals surface area contributed by atoms with E-state index < -0.39 is 0 Å². The van der Waals surface area contributed by atoms with Gasteiger partial charge in [-0.2, -0.15) is 10.1 Å². The van der Waals surface area contributed by atoms with Crippen LogP contribution in [0.2, 0.25) is 5.02 Å². The minimum absolute atomic E-state index is 0.0755. The van der Waals surface area contributed by atoms with E-state index in [1.807, 2.05) is 63.2 Å². The zero-order valence-electron chi connectivity index (χ0n) is 14.8. The molecule has 0 spiro atoms. The number of aryl methyl sites for hydroxylation is 1. The van der Waals surface area contributed by atoms with Gasteiger partial charge in [0.25, 0.3) is 0 Å². The van der Waals surface area contributed by atoms with E-state index >= 15 is 0 Å². The lowest BCUT2D eigenvalue weighted by molar-refractivity contribution is 0.244. The Morgan fingerprint density at radius 3 is 2.62 bits per heavy atom. The van der Waals surface area contributed by atoms with Crippen LogP contribution in [0.5, 0.6) is 5.75 Å². The fourth-order valence-electron chi connectivity index (χ4n) is 2.37. The largest absolute Gasteiger partial charge is 0.489 e. The fourth-order valence-corrected chi connectivity index (χ4v) is 2.60. The molecule has 0 amide bonds. The molecule has 0 aliphatic carbocycles. The average Bonchev–Trinajstić information content (AvgIpc) is 2.59. The topological polar surface area (TPSA) is 72.0 Å². The number of para-hydroxylation sites is 2. The number of aromatic nitrogens is 3. The van der Waals surface area contributed by atoms with Crippen molar-refractivity contribution in [3.63, 3.8) is 0 Å². The molecule has 0 aliphatic rings. The summed E-state index contributed by atoms with van der Waals surface area (Å²) in [5.74, 6) is 1.71. The summed E-state index contributed by atoms with van der Waals surface area (Å²) >= 11 is 5.99. The molecule has 0 bridgehead atoms. The van der Waals surface area contributed by atoms with Crippen molar-refractivity contribution in [1.82, 2.24) is 15.2 Å². The molecule has 0 saturated carbocycles. The lowest BCUT2D eigenvalue weighted by Gasteiger charge is -2.15. The minimum Gasteiger partial charge on any atom is -0.489 e. The molecule has 26 heavy (non-hydrogen) atoms. The van der Waals surface area contributed by atoms with E-state index in [0.717, 1.165) is 22.7 Å². The molecule has 0 unspecified atom stereocenters. The Kier molecular flexibility index (Phi) is 5.53. The highest BCUT2D eigenvalue weighted by molar-refractivity contribution is 6.30. The Morgan fingerprint density at radius 1 is 1.04 bits per heavy atom. The zero-order valence-corrected chi connectivity index (χ0v) is 15.6. The Bertz CT molecular complexity index is 901. The highest BCUT2D eigenvalue weighted by Crippen LogP contribution is 2.28. The van der Waals surface area contributed by atoms with Gasteiger partial charge in [-0.15, -0.1) is 5.10 Å². The Labute approximate surface area is 157 Å². The second-order valence-corrected chi connectivity index (χ2v) is 6.47. The normalized spacial score (nSPS) is 10.7. The van der Waals surface area contributed by atoms with Gasteiger partial charge in [0, 0.05) is 10.7 Å². The maximum absolute atomic E-state index is 5.99. The van der Waals surface area contributed by atoms with E-state index in [0.29, 0.717) is 16.8 Å². The SMILES string of the molecule is Cc1cc(Cl)ccc1Nc1nncc(Nc2ccccc2OC(C)C)n1. The van der Waals surface area contributed by atoms with Crippen LogP contribution in [0, 0.1) is 6.92 Å². The number of anilines is 4. The van der Waals surface area contributed by atoms with Crippen LogP contribution in [0.4, 0.5) is 23.1 Å². The van der Waals surface area contributed by atoms with Gasteiger partial charge in [0.05, 0.1) is 18.0 Å². The molecule has 7 heteroatoms. The van der Waals surface area contributed by atoms with Gasteiger partial charge in [-0.3, -0.25) is 0 Å². The van der Waals surface area contributed by atoms with Crippen LogP contribution in [0.1, 0.15) is 19.4 Å². The van der Waals surface area contributed by atoms with Crippen LogP contribution in [0.25, 0.3) is 0 Å². The minimum atomic E-state index is 0.0755. The second kappa shape index (κ2) is 8.01. The summed E-state index contributed by atoms with van der Waals surface area (Å²) in [6, 6.07) is 13.3. The number of rotatable bonds is 6. The summed E-state index contributed by atoms with van der Waals surface area (Å²) in [4.78, 5) is 4.46. The average molecular weight is 370 g/mol. The van der Waals surface area contributed by atoms with E-state index in [1.54, 1.807) is 6.20 Å². The summed E-state index contributed by atoms with van der Waals surface area (Å²) in [5, 5.41) is 15.1. The van der Waals surface area contributed by atoms with Crippen molar-refractivity contribution in [2.75, 3.05) is 10.6 Å². The van der Waals surface area contributed by atoms with E-state index in [4.69, 9.17) is 16.3 Å². The first kappa shape index (κ1) is 17.9. The van der Waals surface area contributed by atoms with Gasteiger partial charge in [0.15, 0.2) is 5.82 Å². The lowest BCUT2D eigenvalue weighted by atomic mass is 10.2. The summed E-state index contributed by atoms with van der Waals surface area (Å²) in [5.41, 5.74) is 2.68. The third-order valence-electron chi connectivity index (χ3n) is 3.51. The smallest absolute Gasteiger partial charge is 0.249 e. The van der Waals surface area contributed by atoms with Crippen LogP contribution >= 0.6 is 11.6 Å². The third-order valence-corrected chi connectivity index (χ3v) is 3.74. The van der Waals surface area contributed by atoms with Crippen LogP contribution in [-0.4, -0.2) is 21.3 Å². The van der Waals surface area contributed by atoms with Crippen LogP contribution in [-0.2, 0) is 0 Å². The fraction of sp³-hybridized carbons (Fsp3) is 0.211. The number of nitrogens with one attached hydrogen (secondary N) is 2. The van der Waals surface area contributed by atoms with Crippen LogP contribution in [0.15, 0.2) is 48.7 Å². The van der Waals surface area contributed by atoms with Gasteiger partial charge in [-0.05, 0) is 56.7 Å². The number of halogens is 1. The maximum Gasteiger partial charge on any atom is 0.249 e. The van der Waals surface area contributed by atoms with Gasteiger partial charge in [0.1, 0.15) is 5.75 Å². The molecule has 2 N–H and O–H groups in total. The van der Waals surface area contributed by atoms with E-state index in [9.17, 15) is 0 Å². The van der Waals surface area contributed by atoms with Gasteiger partial charge in [0.2, 0.25) is 5.95 Å². The third kappa shape index (κ3) is 4.61. The van der Waals surface area contributed by atoms with Gasteiger partial charge >= 0.3 is 0 Å². The summed E-state index contributed by atoms with van der Waals surface area (Å²) in [6.07, 6.45) is 1.64. The quantitative estimate of drug-likeness (QED) is 0.629. The first-order valence-electron chi connectivity index (χ1n) is 8.27. The molecule has 1 heterocycles. The van der Waals surface area contributed by atoms with Crippen LogP contribution < -0.4 is 15.4 Å². The first-order valence-corrected chi connectivity index (χ1v) is 8.64. The van der Waals surface area contributed by atoms with E-state index in [1.165, 1.54) is 0 Å². The van der Waals surface area contributed by atoms with Crippen molar-refractivity contribution >= 4 is 34.7 Å². The summed E-state index contributed by atoms with van der Waals surface area (Å²) < 4.78 is 5.82. The second-order valence-electron chi connectivity index (χ2n) is 6.04. The number of nitrogens with zero attached hydrogens (tertiary/aromatic N) is 3. The Hall–Kier alpha value is -2.86. The van der Waals surface area contributed by atoms with Crippen LogP contribution in [0.3, 0.4) is 0 Å². The van der Waals surface area contributed by atoms with Gasteiger partial charge < -0.3 is 15.4 Å². The lowest BCUT2D eigenvalue weighted by Crippen LogP contribution is -2.08. The monoisotopic (exact) mass is 369 g/mol. The number of ether oxygens (including phenoxy) is 1. The molecule has 3 rings (SSSR count). The van der Waals surface area contributed by atoms with Crippen molar-refractivity contribution in [3.8, 4) is 5.75 Å². The Balaban J connectivity index is 1.80. The zero-order chi connectivity index (χ0) is 18.5. The highest BCUT2D eigenvalue weighted by atomic mass is 35.5. The van der Waals surface area contributed by atoms with Crippen molar-refractivity contribution in [1.29, 1.82) is 0 Å². The van der Waals surface area contributed by atoms with Crippen molar-refractivity contribution in [2.45, 2.75) is 26.9 Å². The van der Waals surface area contributed by atoms with Crippen molar-refractivity contribution < 1.29 is 4.74 Å². The van der Waals surface area contributed by atoms with Gasteiger partial charge in [-0.25, -0.2) is 0 Å². The summed E-state index contributed by atoms with van der Waals surface area (Å²) in [7, 11) is 0. The van der Waals surface area contributed by atoms with Crippen molar-refractivity contribution in [2.24, 2.45) is 0 Å². The molecule has 0 fully saturated rings. The predicted molar refractivity (Wildman–Crippen MR) is 105 cm³/mol. The molecule has 3 aromatic rings. The summed E-state index contributed by atoms with van der Waals surface area (Å²) in [6.45, 7) is 5.93. The number of benzene rings is 2. The van der Waals surface area contributed by atoms with E-state index in [-0.39, 0.29) is 6.10 Å². The standard InChI is InChI=1S/C19H20ClN5O/c1-12(2)26-17-7-5-4-6-16(17)22-18-11-21-25-19(24-18)23-15-9-8-14(20)10-13(15)3/h4-12H,1-3H3,(H2,22,23,24,25). The molecule has 1 aromatic heterocycles. The molecule has 134 valence electrons.